The van der Waals surface area contributed by atoms with Crippen LogP contribution in [0.4, 0.5) is 15.8 Å². The molecule has 3 aromatic rings. The topological polar surface area (TPSA) is 57.7 Å². The van der Waals surface area contributed by atoms with Gasteiger partial charge < -0.3 is 4.90 Å². The smallest absolute Gasteiger partial charge is 0.264 e. The first kappa shape index (κ1) is 20.1. The number of nitrogens with zero attached hydrogens (tertiary/aromatic N) is 2. The van der Waals surface area contributed by atoms with Gasteiger partial charge in [0.05, 0.1) is 10.6 Å². The lowest BCUT2D eigenvalue weighted by atomic mass is 10.1. The molecule has 154 valence electrons. The third-order valence-corrected chi connectivity index (χ3v) is 6.99. The number of carbonyl (C=O) groups excluding carboxylic acids is 1. The van der Waals surface area contributed by atoms with Gasteiger partial charge in [0.1, 0.15) is 12.4 Å². The summed E-state index contributed by atoms with van der Waals surface area (Å²) in [5, 5.41) is 0. The summed E-state index contributed by atoms with van der Waals surface area (Å²) in [5.41, 5.74) is 2.24. The van der Waals surface area contributed by atoms with Crippen LogP contribution in [0.15, 0.2) is 83.8 Å². The number of hydrogen-bond acceptors (Lipinski definition) is 3. The van der Waals surface area contributed by atoms with Gasteiger partial charge in [-0.2, -0.15) is 0 Å². The van der Waals surface area contributed by atoms with Crippen LogP contribution in [0.2, 0.25) is 0 Å². The van der Waals surface area contributed by atoms with Gasteiger partial charge in [0.15, 0.2) is 0 Å². The van der Waals surface area contributed by atoms with E-state index in [2.05, 4.69) is 0 Å². The van der Waals surface area contributed by atoms with Crippen LogP contribution in [0, 0.1) is 5.82 Å². The second-order valence-corrected chi connectivity index (χ2v) is 9.11. The van der Waals surface area contributed by atoms with Crippen molar-refractivity contribution in [1.82, 2.24) is 0 Å². The normalized spacial score (nSPS) is 15.7. The average Bonchev–Trinajstić information content (AvgIpc) is 3.08. The molecule has 0 saturated heterocycles. The molecule has 1 aliphatic heterocycles. The molecular formula is C23H21FN2O3S. The Morgan fingerprint density at radius 1 is 1.00 bits per heavy atom. The molecule has 0 spiro atoms. The molecule has 1 aliphatic rings. The Labute approximate surface area is 175 Å². The summed E-state index contributed by atoms with van der Waals surface area (Å²) in [6.07, 6.45) is 0.720. The quantitative estimate of drug-likeness (QED) is 0.622. The van der Waals surface area contributed by atoms with Crippen LogP contribution in [-0.2, 0) is 21.2 Å². The minimum Gasteiger partial charge on any atom is -0.307 e. The summed E-state index contributed by atoms with van der Waals surface area (Å²) in [6, 6.07) is 20.6. The van der Waals surface area contributed by atoms with Crippen molar-refractivity contribution in [1.29, 1.82) is 0 Å². The fourth-order valence-electron chi connectivity index (χ4n) is 3.79. The summed E-state index contributed by atoms with van der Waals surface area (Å²) in [4.78, 5) is 14.9. The number of halogens is 1. The third kappa shape index (κ3) is 3.68. The van der Waals surface area contributed by atoms with Crippen molar-refractivity contribution in [2.24, 2.45) is 0 Å². The molecule has 0 radical (unpaired) electrons. The lowest BCUT2D eigenvalue weighted by Gasteiger charge is -2.28. The Balaban J connectivity index is 1.71. The van der Waals surface area contributed by atoms with Crippen LogP contribution in [0.3, 0.4) is 0 Å². The SMILES string of the molecule is C[C@@H]1Cc2ccccc2N1C(=O)CN(c1ccccc1)S(=O)(=O)c1ccc(F)cc1. The molecule has 0 aromatic heterocycles. The van der Waals surface area contributed by atoms with Crippen LogP contribution >= 0.6 is 0 Å². The fourth-order valence-corrected chi connectivity index (χ4v) is 5.20. The zero-order chi connectivity index (χ0) is 21.3. The van der Waals surface area contributed by atoms with Gasteiger partial charge in [-0.1, -0.05) is 36.4 Å². The van der Waals surface area contributed by atoms with Crippen LogP contribution in [0.5, 0.6) is 0 Å². The van der Waals surface area contributed by atoms with Crippen molar-refractivity contribution in [3.63, 3.8) is 0 Å². The van der Waals surface area contributed by atoms with E-state index in [9.17, 15) is 17.6 Å². The highest BCUT2D eigenvalue weighted by atomic mass is 32.2. The number of carbonyl (C=O) groups is 1. The number of para-hydroxylation sites is 2. The van der Waals surface area contributed by atoms with E-state index >= 15 is 0 Å². The molecule has 5 nitrogen and oxygen atoms in total. The van der Waals surface area contributed by atoms with Gasteiger partial charge in [-0.15, -0.1) is 0 Å². The number of amides is 1. The molecule has 3 aromatic carbocycles. The van der Waals surface area contributed by atoms with Crippen molar-refractivity contribution >= 4 is 27.3 Å². The Bertz CT molecular complexity index is 1160. The van der Waals surface area contributed by atoms with Gasteiger partial charge in [0.25, 0.3) is 10.0 Å². The first-order chi connectivity index (χ1) is 14.4. The first-order valence-corrected chi connectivity index (χ1v) is 11.1. The van der Waals surface area contributed by atoms with Crippen molar-refractivity contribution in [3.05, 3.63) is 90.2 Å². The van der Waals surface area contributed by atoms with Gasteiger partial charge in [0.2, 0.25) is 5.91 Å². The number of fused-ring (bicyclic) bond motifs is 1. The summed E-state index contributed by atoms with van der Waals surface area (Å²) < 4.78 is 41.1. The number of benzene rings is 3. The molecule has 0 N–H and O–H groups in total. The van der Waals surface area contributed by atoms with Crippen LogP contribution in [0.25, 0.3) is 0 Å². The number of anilines is 2. The Morgan fingerprint density at radius 2 is 1.63 bits per heavy atom. The molecule has 0 unspecified atom stereocenters. The molecule has 7 heteroatoms. The zero-order valence-corrected chi connectivity index (χ0v) is 17.2. The second kappa shape index (κ2) is 7.91. The number of rotatable bonds is 5. The van der Waals surface area contributed by atoms with Gasteiger partial charge >= 0.3 is 0 Å². The molecule has 1 atom stereocenters. The maximum absolute atomic E-state index is 13.4. The van der Waals surface area contributed by atoms with Crippen LogP contribution < -0.4 is 9.21 Å². The number of sulfonamides is 1. The predicted octanol–water partition coefficient (Wildman–Crippen LogP) is 4.00. The zero-order valence-electron chi connectivity index (χ0n) is 16.4. The van der Waals surface area contributed by atoms with Crippen LogP contribution in [-0.4, -0.2) is 26.9 Å². The second-order valence-electron chi connectivity index (χ2n) is 7.25. The molecule has 4 rings (SSSR count). The Kier molecular flexibility index (Phi) is 5.30. The summed E-state index contributed by atoms with van der Waals surface area (Å²) in [5.74, 6) is -0.847. The highest BCUT2D eigenvalue weighted by molar-refractivity contribution is 7.92. The summed E-state index contributed by atoms with van der Waals surface area (Å²) >= 11 is 0. The maximum Gasteiger partial charge on any atom is 0.264 e. The van der Waals surface area contributed by atoms with E-state index in [0.717, 1.165) is 34.1 Å². The molecule has 0 fully saturated rings. The van der Waals surface area contributed by atoms with Gasteiger partial charge in [0, 0.05) is 11.7 Å². The monoisotopic (exact) mass is 424 g/mol. The van der Waals surface area contributed by atoms with E-state index in [1.807, 2.05) is 31.2 Å². The highest BCUT2D eigenvalue weighted by Crippen LogP contribution is 2.33. The minimum atomic E-state index is -4.07. The first-order valence-electron chi connectivity index (χ1n) is 9.61. The van der Waals surface area contributed by atoms with E-state index in [1.165, 1.54) is 12.1 Å². The molecule has 1 amide bonds. The molecule has 30 heavy (non-hydrogen) atoms. The van der Waals surface area contributed by atoms with Crippen molar-refractivity contribution < 1.29 is 17.6 Å². The van der Waals surface area contributed by atoms with Crippen molar-refractivity contribution in [2.45, 2.75) is 24.3 Å². The molecule has 0 saturated carbocycles. The molecule has 1 heterocycles. The average molecular weight is 424 g/mol. The fraction of sp³-hybridized carbons (Fsp3) is 0.174. The van der Waals surface area contributed by atoms with E-state index < -0.39 is 15.8 Å². The van der Waals surface area contributed by atoms with Crippen molar-refractivity contribution in [2.75, 3.05) is 15.7 Å². The van der Waals surface area contributed by atoms with Crippen LogP contribution in [0.1, 0.15) is 12.5 Å². The lowest BCUT2D eigenvalue weighted by molar-refractivity contribution is -0.117. The molecule has 0 aliphatic carbocycles. The lowest BCUT2D eigenvalue weighted by Crippen LogP contribution is -2.45. The third-order valence-electron chi connectivity index (χ3n) is 5.20. The Hall–Kier alpha value is -3.19. The predicted molar refractivity (Wildman–Crippen MR) is 114 cm³/mol. The van der Waals surface area contributed by atoms with Gasteiger partial charge in [-0.3, -0.25) is 9.10 Å². The minimum absolute atomic E-state index is 0.0685. The standard InChI is InChI=1S/C23H21FN2O3S/c1-17-15-18-7-5-6-10-22(18)26(17)23(27)16-25(20-8-3-2-4-9-20)30(28,29)21-13-11-19(24)12-14-21/h2-14,17H,15-16H2,1H3/t17-/m1/s1. The van der Waals surface area contributed by atoms with Gasteiger partial charge in [-0.05, 0) is 61.4 Å². The Morgan fingerprint density at radius 3 is 2.33 bits per heavy atom. The number of hydrogen-bond donors (Lipinski definition) is 0. The van der Waals surface area contributed by atoms with E-state index in [1.54, 1.807) is 35.2 Å². The highest BCUT2D eigenvalue weighted by Gasteiger charge is 2.34. The summed E-state index contributed by atoms with van der Waals surface area (Å²) in [6.45, 7) is 1.58. The maximum atomic E-state index is 13.4. The molecular weight excluding hydrogens is 403 g/mol. The largest absolute Gasteiger partial charge is 0.307 e. The molecule has 0 bridgehead atoms. The van der Waals surface area contributed by atoms with E-state index in [0.29, 0.717) is 5.69 Å². The van der Waals surface area contributed by atoms with E-state index in [4.69, 9.17) is 0 Å². The van der Waals surface area contributed by atoms with Gasteiger partial charge in [-0.25, -0.2) is 12.8 Å². The van der Waals surface area contributed by atoms with Crippen molar-refractivity contribution in [3.8, 4) is 0 Å². The van der Waals surface area contributed by atoms with E-state index in [-0.39, 0.29) is 23.4 Å². The summed E-state index contributed by atoms with van der Waals surface area (Å²) in [7, 11) is -4.07.